The van der Waals surface area contributed by atoms with E-state index in [4.69, 9.17) is 4.42 Å². The standard InChI is InChI=1S/C13H18N2O3S2/c1-9-8-19-12(7-14-3)13(9)20(16,17)15-6-11-5-4-10(2)18-11/h4-5,8,14-15H,6-7H2,1-3H3. The van der Waals surface area contributed by atoms with Crippen molar-refractivity contribution < 1.29 is 12.8 Å². The summed E-state index contributed by atoms with van der Waals surface area (Å²) in [4.78, 5) is 1.19. The maximum Gasteiger partial charge on any atom is 0.242 e. The van der Waals surface area contributed by atoms with Crippen LogP contribution in [-0.2, 0) is 23.1 Å². The van der Waals surface area contributed by atoms with E-state index in [1.807, 2.05) is 18.4 Å². The monoisotopic (exact) mass is 314 g/mol. The van der Waals surface area contributed by atoms with E-state index in [-0.39, 0.29) is 6.54 Å². The molecule has 20 heavy (non-hydrogen) atoms. The fourth-order valence-corrected chi connectivity index (χ4v) is 4.76. The first-order chi connectivity index (χ1) is 9.44. The van der Waals surface area contributed by atoms with Gasteiger partial charge in [0.1, 0.15) is 16.4 Å². The van der Waals surface area contributed by atoms with Gasteiger partial charge in [-0.05, 0) is 44.0 Å². The molecule has 0 spiro atoms. The van der Waals surface area contributed by atoms with Crippen molar-refractivity contribution in [2.24, 2.45) is 0 Å². The number of rotatable bonds is 6. The van der Waals surface area contributed by atoms with Crippen LogP contribution in [0.25, 0.3) is 0 Å². The van der Waals surface area contributed by atoms with Gasteiger partial charge in [-0.1, -0.05) is 0 Å². The minimum Gasteiger partial charge on any atom is -0.465 e. The average Bonchev–Trinajstić information content (AvgIpc) is 2.95. The van der Waals surface area contributed by atoms with Crippen LogP contribution in [0.2, 0.25) is 0 Å². The van der Waals surface area contributed by atoms with Crippen LogP contribution in [0.1, 0.15) is 22.0 Å². The number of hydrogen-bond acceptors (Lipinski definition) is 5. The third-order valence-electron chi connectivity index (χ3n) is 2.83. The highest BCUT2D eigenvalue weighted by Gasteiger charge is 2.22. The summed E-state index contributed by atoms with van der Waals surface area (Å²) >= 11 is 1.45. The van der Waals surface area contributed by atoms with Crippen LogP contribution in [-0.4, -0.2) is 15.5 Å². The highest BCUT2D eigenvalue weighted by molar-refractivity contribution is 7.89. The summed E-state index contributed by atoms with van der Waals surface area (Å²) in [5.74, 6) is 1.37. The molecule has 2 aromatic heterocycles. The van der Waals surface area contributed by atoms with Crippen molar-refractivity contribution in [2.45, 2.75) is 31.8 Å². The van der Waals surface area contributed by atoms with Crippen molar-refractivity contribution in [3.8, 4) is 0 Å². The fourth-order valence-electron chi connectivity index (χ4n) is 1.95. The Morgan fingerprint density at radius 3 is 2.60 bits per heavy atom. The molecule has 0 saturated carbocycles. The van der Waals surface area contributed by atoms with Gasteiger partial charge in [-0.15, -0.1) is 11.3 Å². The third-order valence-corrected chi connectivity index (χ3v) is 5.69. The van der Waals surface area contributed by atoms with Gasteiger partial charge in [0.05, 0.1) is 6.54 Å². The van der Waals surface area contributed by atoms with Gasteiger partial charge in [0.25, 0.3) is 0 Å². The predicted octanol–water partition coefficient (Wildman–Crippen LogP) is 2.16. The van der Waals surface area contributed by atoms with Gasteiger partial charge in [0.2, 0.25) is 10.0 Å². The largest absolute Gasteiger partial charge is 0.465 e. The second kappa shape index (κ2) is 6.09. The normalized spacial score (nSPS) is 11.9. The van der Waals surface area contributed by atoms with E-state index in [1.54, 1.807) is 20.0 Å². The highest BCUT2D eigenvalue weighted by atomic mass is 32.2. The first-order valence-electron chi connectivity index (χ1n) is 6.20. The Bertz CT molecular complexity index is 686. The molecule has 0 radical (unpaired) electrons. The maximum absolute atomic E-state index is 12.4. The van der Waals surface area contributed by atoms with E-state index in [1.165, 1.54) is 11.3 Å². The Hall–Kier alpha value is -1.15. The summed E-state index contributed by atoms with van der Waals surface area (Å²) in [6, 6.07) is 3.58. The molecule has 5 nitrogen and oxygen atoms in total. The molecule has 2 heterocycles. The lowest BCUT2D eigenvalue weighted by Gasteiger charge is -2.08. The molecule has 0 amide bonds. The predicted molar refractivity (Wildman–Crippen MR) is 79.3 cm³/mol. The van der Waals surface area contributed by atoms with Gasteiger partial charge in [0, 0.05) is 11.4 Å². The van der Waals surface area contributed by atoms with Crippen LogP contribution in [0.3, 0.4) is 0 Å². The molecule has 0 fully saturated rings. The smallest absolute Gasteiger partial charge is 0.242 e. The van der Waals surface area contributed by atoms with E-state index >= 15 is 0 Å². The number of nitrogens with one attached hydrogen (secondary N) is 2. The van der Waals surface area contributed by atoms with Crippen LogP contribution in [0.4, 0.5) is 0 Å². The molecule has 2 N–H and O–H groups in total. The Morgan fingerprint density at radius 1 is 1.25 bits per heavy atom. The highest BCUT2D eigenvalue weighted by Crippen LogP contribution is 2.26. The second-order valence-corrected chi connectivity index (χ2v) is 7.21. The van der Waals surface area contributed by atoms with E-state index in [9.17, 15) is 8.42 Å². The van der Waals surface area contributed by atoms with Crippen LogP contribution in [0, 0.1) is 13.8 Å². The molecule has 110 valence electrons. The van der Waals surface area contributed by atoms with Crippen molar-refractivity contribution in [1.82, 2.24) is 10.0 Å². The Kier molecular flexibility index (Phi) is 4.64. The fraction of sp³-hybridized carbons (Fsp3) is 0.385. The van der Waals surface area contributed by atoms with Crippen molar-refractivity contribution in [2.75, 3.05) is 7.05 Å². The summed E-state index contributed by atoms with van der Waals surface area (Å²) in [6.45, 7) is 4.33. The molecule has 2 aromatic rings. The topological polar surface area (TPSA) is 71.3 Å². The van der Waals surface area contributed by atoms with Gasteiger partial charge in [-0.2, -0.15) is 0 Å². The van der Waals surface area contributed by atoms with Gasteiger partial charge < -0.3 is 9.73 Å². The van der Waals surface area contributed by atoms with Gasteiger partial charge in [-0.3, -0.25) is 0 Å². The van der Waals surface area contributed by atoms with Gasteiger partial charge in [0.15, 0.2) is 0 Å². The summed E-state index contributed by atoms with van der Waals surface area (Å²) in [7, 11) is -1.73. The first kappa shape index (κ1) is 15.2. The van der Waals surface area contributed by atoms with Crippen LogP contribution in [0.15, 0.2) is 26.8 Å². The number of sulfonamides is 1. The molecular formula is C13H18N2O3S2. The molecular weight excluding hydrogens is 296 g/mol. The number of furan rings is 1. The Balaban J connectivity index is 2.20. The summed E-state index contributed by atoms with van der Waals surface area (Å²) in [6.07, 6.45) is 0. The quantitative estimate of drug-likeness (QED) is 0.857. The Labute approximate surface area is 123 Å². The summed E-state index contributed by atoms with van der Waals surface area (Å²) in [5.41, 5.74) is 0.767. The van der Waals surface area contributed by atoms with Crippen LogP contribution in [0.5, 0.6) is 0 Å². The van der Waals surface area contributed by atoms with E-state index in [0.29, 0.717) is 17.2 Å². The number of hydrogen-bond donors (Lipinski definition) is 2. The van der Waals surface area contributed by atoms with Gasteiger partial charge >= 0.3 is 0 Å². The van der Waals surface area contributed by atoms with E-state index in [0.717, 1.165) is 16.2 Å². The molecule has 0 aliphatic rings. The average molecular weight is 314 g/mol. The molecule has 0 bridgehead atoms. The van der Waals surface area contributed by atoms with Crippen LogP contribution >= 0.6 is 11.3 Å². The minimum absolute atomic E-state index is 0.157. The zero-order valence-corrected chi connectivity index (χ0v) is 13.3. The number of aryl methyl sites for hydroxylation is 2. The zero-order chi connectivity index (χ0) is 14.8. The molecule has 0 saturated heterocycles. The third kappa shape index (κ3) is 3.29. The van der Waals surface area contributed by atoms with Crippen molar-refractivity contribution in [1.29, 1.82) is 0 Å². The van der Waals surface area contributed by atoms with E-state index < -0.39 is 10.0 Å². The van der Waals surface area contributed by atoms with Crippen molar-refractivity contribution in [3.63, 3.8) is 0 Å². The Morgan fingerprint density at radius 2 is 2.00 bits per heavy atom. The molecule has 0 aliphatic heterocycles. The lowest BCUT2D eigenvalue weighted by atomic mass is 10.3. The molecule has 0 atom stereocenters. The van der Waals surface area contributed by atoms with E-state index in [2.05, 4.69) is 10.0 Å². The van der Waals surface area contributed by atoms with Crippen molar-refractivity contribution in [3.05, 3.63) is 39.5 Å². The summed E-state index contributed by atoms with van der Waals surface area (Å²) < 4.78 is 32.8. The maximum atomic E-state index is 12.4. The minimum atomic E-state index is -3.53. The first-order valence-corrected chi connectivity index (χ1v) is 8.57. The van der Waals surface area contributed by atoms with Crippen LogP contribution < -0.4 is 10.0 Å². The summed E-state index contributed by atoms with van der Waals surface area (Å²) in [5, 5.41) is 4.85. The molecule has 0 aromatic carbocycles. The van der Waals surface area contributed by atoms with Gasteiger partial charge in [-0.25, -0.2) is 13.1 Å². The SMILES string of the molecule is CNCc1scc(C)c1S(=O)(=O)NCc1ccc(C)o1. The lowest BCUT2D eigenvalue weighted by molar-refractivity contribution is 0.475. The number of thiophene rings is 1. The molecule has 2 rings (SSSR count). The molecule has 7 heteroatoms. The zero-order valence-electron chi connectivity index (χ0n) is 11.7. The molecule has 0 aliphatic carbocycles. The van der Waals surface area contributed by atoms with Crippen molar-refractivity contribution >= 4 is 21.4 Å². The molecule has 0 unspecified atom stereocenters. The lowest BCUT2D eigenvalue weighted by Crippen LogP contribution is -2.24. The second-order valence-electron chi connectivity index (χ2n) is 4.54.